The fourth-order valence-electron chi connectivity index (χ4n) is 3.02. The first-order valence-electron chi connectivity index (χ1n) is 8.90. The minimum atomic E-state index is -0.0858. The number of benzene rings is 2. The smallest absolute Gasteiger partial charge is 0.257 e. The highest BCUT2D eigenvalue weighted by molar-refractivity contribution is 6.31. The van der Waals surface area contributed by atoms with Crippen LogP contribution in [0.2, 0.25) is 0 Å². The molecule has 0 atom stereocenters. The Morgan fingerprint density at radius 1 is 0.963 bits per heavy atom. The van der Waals surface area contributed by atoms with E-state index < -0.39 is 0 Å². The molecule has 0 fully saturated rings. The van der Waals surface area contributed by atoms with E-state index in [0.717, 1.165) is 35.6 Å². The van der Waals surface area contributed by atoms with E-state index in [1.807, 2.05) is 60.8 Å². The van der Waals surface area contributed by atoms with Crippen LogP contribution in [0.25, 0.3) is 5.57 Å². The number of fused-ring (bicyclic) bond motifs is 1. The van der Waals surface area contributed by atoms with Gasteiger partial charge in [0.05, 0.1) is 5.57 Å². The molecule has 0 saturated carbocycles. The van der Waals surface area contributed by atoms with Crippen molar-refractivity contribution in [2.75, 3.05) is 22.5 Å². The first kappa shape index (κ1) is 16.8. The zero-order valence-corrected chi connectivity index (χ0v) is 14.8. The first-order valence-corrected chi connectivity index (χ1v) is 8.90. The second-order valence-electron chi connectivity index (χ2n) is 6.32. The van der Waals surface area contributed by atoms with Crippen molar-refractivity contribution < 1.29 is 4.79 Å². The normalized spacial score (nSPS) is 13.9. The number of pyridine rings is 1. The molecule has 3 aromatic rings. The Kier molecular flexibility index (Phi) is 4.83. The number of nitrogens with one attached hydrogen (secondary N) is 3. The largest absolute Gasteiger partial charge is 0.385 e. The zero-order chi connectivity index (χ0) is 18.5. The molecule has 0 aliphatic carbocycles. The van der Waals surface area contributed by atoms with E-state index in [-0.39, 0.29) is 5.91 Å². The molecule has 1 amide bonds. The Hall–Kier alpha value is -3.60. The molecule has 0 unspecified atom stereocenters. The van der Waals surface area contributed by atoms with Gasteiger partial charge < -0.3 is 16.0 Å². The van der Waals surface area contributed by atoms with Crippen molar-refractivity contribution in [1.29, 1.82) is 0 Å². The molecule has 0 spiro atoms. The quantitative estimate of drug-likeness (QED) is 0.581. The van der Waals surface area contributed by atoms with E-state index in [2.05, 4.69) is 27.0 Å². The Morgan fingerprint density at radius 3 is 2.59 bits per heavy atom. The standard InChI is InChI=1S/C22H20N4O/c27-22-20(19-5-1-2-6-21(19)26-22)15-25-18-9-7-17(8-10-18)24-13-11-16-4-3-12-23-14-16/h1-10,12,14-15,24-25H,11,13H2,(H,26,27). The fraction of sp³-hybridized carbons (Fsp3) is 0.0909. The Bertz CT molecular complexity index is 965. The highest BCUT2D eigenvalue weighted by Crippen LogP contribution is 2.31. The minimum absolute atomic E-state index is 0.0858. The van der Waals surface area contributed by atoms with Crippen LogP contribution in [0.3, 0.4) is 0 Å². The van der Waals surface area contributed by atoms with Gasteiger partial charge in [0.25, 0.3) is 5.91 Å². The lowest BCUT2D eigenvalue weighted by Crippen LogP contribution is -2.05. The molecule has 4 rings (SSSR count). The summed E-state index contributed by atoms with van der Waals surface area (Å²) in [5, 5.41) is 9.48. The van der Waals surface area contributed by atoms with Gasteiger partial charge in [-0.15, -0.1) is 0 Å². The number of rotatable bonds is 6. The number of nitrogens with zero attached hydrogens (tertiary/aromatic N) is 1. The van der Waals surface area contributed by atoms with Gasteiger partial charge in [0.15, 0.2) is 0 Å². The summed E-state index contributed by atoms with van der Waals surface area (Å²) in [6.45, 7) is 0.847. The van der Waals surface area contributed by atoms with E-state index in [1.165, 1.54) is 5.56 Å². The molecule has 5 heteroatoms. The maximum atomic E-state index is 12.1. The molecule has 2 heterocycles. The van der Waals surface area contributed by atoms with Gasteiger partial charge in [-0.1, -0.05) is 24.3 Å². The molecule has 5 nitrogen and oxygen atoms in total. The molecule has 1 aromatic heterocycles. The average molecular weight is 356 g/mol. The van der Waals surface area contributed by atoms with Gasteiger partial charge in [-0.2, -0.15) is 0 Å². The first-order chi connectivity index (χ1) is 13.3. The molecule has 1 aliphatic rings. The van der Waals surface area contributed by atoms with E-state index >= 15 is 0 Å². The van der Waals surface area contributed by atoms with Crippen molar-refractivity contribution in [2.24, 2.45) is 0 Å². The van der Waals surface area contributed by atoms with E-state index in [0.29, 0.717) is 5.57 Å². The van der Waals surface area contributed by atoms with Crippen molar-refractivity contribution in [3.05, 3.63) is 90.4 Å². The molecule has 0 radical (unpaired) electrons. The number of hydrogen-bond acceptors (Lipinski definition) is 4. The van der Waals surface area contributed by atoms with Crippen LogP contribution in [-0.2, 0) is 11.2 Å². The van der Waals surface area contributed by atoms with Crippen LogP contribution < -0.4 is 16.0 Å². The fourth-order valence-corrected chi connectivity index (χ4v) is 3.02. The Balaban J connectivity index is 1.35. The number of hydrogen-bond donors (Lipinski definition) is 3. The van der Waals surface area contributed by atoms with Crippen LogP contribution in [-0.4, -0.2) is 17.4 Å². The van der Waals surface area contributed by atoms with Crippen LogP contribution in [0.4, 0.5) is 17.1 Å². The van der Waals surface area contributed by atoms with Crippen LogP contribution >= 0.6 is 0 Å². The SMILES string of the molecule is O=C1Nc2ccccc2C1=CNc1ccc(NCCc2cccnc2)cc1. The molecule has 3 N–H and O–H groups in total. The molecular formula is C22H20N4O. The third-order valence-corrected chi connectivity index (χ3v) is 4.44. The molecule has 27 heavy (non-hydrogen) atoms. The van der Waals surface area contributed by atoms with Crippen LogP contribution in [0.1, 0.15) is 11.1 Å². The van der Waals surface area contributed by atoms with Crippen LogP contribution in [0, 0.1) is 0 Å². The number of carbonyl (C=O) groups excluding carboxylic acids is 1. The lowest BCUT2D eigenvalue weighted by molar-refractivity contribution is -0.110. The summed E-state index contributed by atoms with van der Waals surface area (Å²) >= 11 is 0. The number of anilines is 3. The maximum Gasteiger partial charge on any atom is 0.257 e. The summed E-state index contributed by atoms with van der Waals surface area (Å²) in [5.74, 6) is -0.0858. The lowest BCUT2D eigenvalue weighted by Gasteiger charge is -2.08. The number of amides is 1. The monoisotopic (exact) mass is 356 g/mol. The Labute approximate surface area is 158 Å². The third-order valence-electron chi connectivity index (χ3n) is 4.44. The predicted molar refractivity (Wildman–Crippen MR) is 110 cm³/mol. The maximum absolute atomic E-state index is 12.1. The lowest BCUT2D eigenvalue weighted by atomic mass is 10.1. The van der Waals surface area contributed by atoms with Gasteiger partial charge in [-0.3, -0.25) is 9.78 Å². The van der Waals surface area contributed by atoms with Gasteiger partial charge >= 0.3 is 0 Å². The van der Waals surface area contributed by atoms with Gasteiger partial charge in [0, 0.05) is 47.8 Å². The topological polar surface area (TPSA) is 66.1 Å². The molecule has 0 saturated heterocycles. The highest BCUT2D eigenvalue weighted by atomic mass is 16.2. The summed E-state index contributed by atoms with van der Waals surface area (Å²) in [5.41, 5.74) is 5.61. The van der Waals surface area contributed by atoms with E-state index in [1.54, 1.807) is 12.4 Å². The molecule has 134 valence electrons. The third kappa shape index (κ3) is 3.98. The molecule has 0 bridgehead atoms. The van der Waals surface area contributed by atoms with Crippen LogP contribution in [0.5, 0.6) is 0 Å². The summed E-state index contributed by atoms with van der Waals surface area (Å²) in [6.07, 6.45) is 6.35. The van der Waals surface area contributed by atoms with Gasteiger partial charge in [-0.25, -0.2) is 0 Å². The van der Waals surface area contributed by atoms with Crippen molar-refractivity contribution in [3.63, 3.8) is 0 Å². The van der Waals surface area contributed by atoms with E-state index in [9.17, 15) is 4.79 Å². The van der Waals surface area contributed by atoms with Crippen molar-refractivity contribution >= 4 is 28.5 Å². The average Bonchev–Trinajstić information content (AvgIpc) is 3.03. The second-order valence-corrected chi connectivity index (χ2v) is 6.32. The number of para-hydroxylation sites is 1. The van der Waals surface area contributed by atoms with Crippen molar-refractivity contribution in [2.45, 2.75) is 6.42 Å². The van der Waals surface area contributed by atoms with Gasteiger partial charge in [-0.05, 0) is 48.4 Å². The summed E-state index contributed by atoms with van der Waals surface area (Å²) in [4.78, 5) is 16.2. The van der Waals surface area contributed by atoms with Crippen LogP contribution in [0.15, 0.2) is 79.3 Å². The summed E-state index contributed by atoms with van der Waals surface area (Å²) in [6, 6.07) is 19.7. The predicted octanol–water partition coefficient (Wildman–Crippen LogP) is 4.14. The number of carbonyl (C=O) groups is 1. The van der Waals surface area contributed by atoms with Crippen molar-refractivity contribution in [3.8, 4) is 0 Å². The minimum Gasteiger partial charge on any atom is -0.385 e. The molecular weight excluding hydrogens is 336 g/mol. The second kappa shape index (κ2) is 7.74. The zero-order valence-electron chi connectivity index (χ0n) is 14.8. The van der Waals surface area contributed by atoms with Crippen molar-refractivity contribution in [1.82, 2.24) is 4.98 Å². The van der Waals surface area contributed by atoms with Gasteiger partial charge in [0.2, 0.25) is 0 Å². The molecule has 1 aliphatic heterocycles. The molecule has 2 aromatic carbocycles. The van der Waals surface area contributed by atoms with Gasteiger partial charge in [0.1, 0.15) is 0 Å². The van der Waals surface area contributed by atoms with E-state index in [4.69, 9.17) is 0 Å². The highest BCUT2D eigenvalue weighted by Gasteiger charge is 2.23. The summed E-state index contributed by atoms with van der Waals surface area (Å²) < 4.78 is 0. The number of aromatic nitrogens is 1. The summed E-state index contributed by atoms with van der Waals surface area (Å²) in [7, 11) is 0. The Morgan fingerprint density at radius 2 is 1.78 bits per heavy atom.